The zero-order chi connectivity index (χ0) is 14.1. The number of imidazole rings is 1. The molecule has 0 radical (unpaired) electrons. The summed E-state index contributed by atoms with van der Waals surface area (Å²) in [5.41, 5.74) is 0.871. The lowest BCUT2D eigenvalue weighted by atomic mass is 10.2. The molecule has 1 aromatic carbocycles. The van der Waals surface area contributed by atoms with E-state index in [-0.39, 0.29) is 12.6 Å². The lowest BCUT2D eigenvalue weighted by Crippen LogP contribution is -2.06. The number of aryl methyl sites for hydroxylation is 1. The van der Waals surface area contributed by atoms with Gasteiger partial charge in [-0.25, -0.2) is 0 Å². The van der Waals surface area contributed by atoms with Crippen LogP contribution in [0.1, 0.15) is 5.56 Å². The minimum Gasteiger partial charge on any atom is -0.454 e. The van der Waals surface area contributed by atoms with Gasteiger partial charge in [0.15, 0.2) is 11.5 Å². The summed E-state index contributed by atoms with van der Waals surface area (Å²) in [6, 6.07) is 5.54. The molecular weight excluding hydrogens is 264 g/mol. The predicted octanol–water partition coefficient (Wildman–Crippen LogP) is 1.67. The van der Waals surface area contributed by atoms with Gasteiger partial charge in [0.2, 0.25) is 18.9 Å². The fourth-order valence-electron chi connectivity index (χ4n) is 2.06. The molecule has 0 unspecified atom stereocenters. The summed E-state index contributed by atoms with van der Waals surface area (Å²) in [7, 11) is 1.69. The van der Waals surface area contributed by atoms with E-state index in [9.17, 15) is 10.1 Å². The molecule has 1 N–H and O–H groups in total. The Labute approximate surface area is 114 Å². The summed E-state index contributed by atoms with van der Waals surface area (Å²) in [5, 5.41) is 13.9. The number of nitro groups is 1. The van der Waals surface area contributed by atoms with E-state index in [1.54, 1.807) is 11.6 Å². The zero-order valence-corrected chi connectivity index (χ0v) is 10.7. The molecule has 0 bridgehead atoms. The van der Waals surface area contributed by atoms with Crippen LogP contribution in [-0.4, -0.2) is 21.3 Å². The summed E-state index contributed by atoms with van der Waals surface area (Å²) in [5.74, 6) is 1.51. The molecule has 1 aliphatic heterocycles. The summed E-state index contributed by atoms with van der Waals surface area (Å²) >= 11 is 0. The Morgan fingerprint density at radius 2 is 2.35 bits per heavy atom. The Morgan fingerprint density at radius 3 is 3.15 bits per heavy atom. The van der Waals surface area contributed by atoms with Crippen molar-refractivity contribution >= 4 is 11.6 Å². The zero-order valence-electron chi connectivity index (χ0n) is 10.7. The van der Waals surface area contributed by atoms with Crippen LogP contribution in [0.25, 0.3) is 0 Å². The number of aromatic nitrogens is 2. The normalized spacial score (nSPS) is 12.4. The molecule has 2 heterocycles. The van der Waals surface area contributed by atoms with Crippen molar-refractivity contribution in [1.82, 2.24) is 9.55 Å². The number of benzene rings is 1. The minimum absolute atomic E-state index is 0.193. The molecule has 1 aliphatic rings. The van der Waals surface area contributed by atoms with Crippen LogP contribution in [-0.2, 0) is 13.6 Å². The molecule has 0 spiro atoms. The van der Waals surface area contributed by atoms with E-state index >= 15 is 0 Å². The molecule has 0 aliphatic carbocycles. The lowest BCUT2D eigenvalue weighted by Gasteiger charge is -2.08. The third kappa shape index (κ3) is 2.00. The fourth-order valence-corrected chi connectivity index (χ4v) is 2.06. The van der Waals surface area contributed by atoms with Gasteiger partial charge in [-0.15, -0.1) is 0 Å². The molecule has 3 rings (SSSR count). The second kappa shape index (κ2) is 4.72. The number of rotatable bonds is 4. The highest BCUT2D eigenvalue weighted by Gasteiger charge is 2.21. The molecule has 1 aromatic heterocycles. The molecule has 8 heteroatoms. The maximum absolute atomic E-state index is 10.9. The monoisotopic (exact) mass is 276 g/mol. The highest BCUT2D eigenvalue weighted by molar-refractivity contribution is 5.54. The van der Waals surface area contributed by atoms with Gasteiger partial charge in [0.25, 0.3) is 0 Å². The van der Waals surface area contributed by atoms with E-state index in [1.165, 1.54) is 6.33 Å². The number of fused-ring (bicyclic) bond motifs is 1. The number of nitrogens with one attached hydrogen (secondary N) is 1. The topological polar surface area (TPSA) is 91.5 Å². The van der Waals surface area contributed by atoms with Crippen LogP contribution in [0, 0.1) is 10.1 Å². The molecule has 0 saturated carbocycles. The van der Waals surface area contributed by atoms with Crippen LogP contribution in [0.2, 0.25) is 0 Å². The van der Waals surface area contributed by atoms with E-state index in [0.29, 0.717) is 23.9 Å². The Morgan fingerprint density at radius 1 is 1.50 bits per heavy atom. The fraction of sp³-hybridized carbons (Fsp3) is 0.250. The highest BCUT2D eigenvalue weighted by Crippen LogP contribution is 2.35. The first kappa shape index (κ1) is 12.3. The van der Waals surface area contributed by atoms with E-state index in [2.05, 4.69) is 10.3 Å². The minimum atomic E-state index is -0.517. The number of para-hydroxylation sites is 1. The van der Waals surface area contributed by atoms with Gasteiger partial charge in [0.1, 0.15) is 0 Å². The van der Waals surface area contributed by atoms with E-state index in [1.807, 2.05) is 18.2 Å². The van der Waals surface area contributed by atoms with Crippen LogP contribution in [0.3, 0.4) is 0 Å². The van der Waals surface area contributed by atoms with Gasteiger partial charge in [0, 0.05) is 19.2 Å². The molecule has 8 nitrogen and oxygen atoms in total. The third-order valence-electron chi connectivity index (χ3n) is 3.02. The van der Waals surface area contributed by atoms with Crippen molar-refractivity contribution < 1.29 is 14.4 Å². The molecule has 20 heavy (non-hydrogen) atoms. The van der Waals surface area contributed by atoms with Crippen molar-refractivity contribution in [2.75, 3.05) is 12.1 Å². The van der Waals surface area contributed by atoms with E-state index < -0.39 is 4.92 Å². The summed E-state index contributed by atoms with van der Waals surface area (Å²) in [4.78, 5) is 14.1. The van der Waals surface area contributed by atoms with E-state index in [4.69, 9.17) is 9.47 Å². The Kier molecular flexibility index (Phi) is 2.90. The van der Waals surface area contributed by atoms with Crippen molar-refractivity contribution in [3.05, 3.63) is 40.2 Å². The molecule has 2 aromatic rings. The number of hydrogen-bond donors (Lipinski definition) is 1. The van der Waals surface area contributed by atoms with Gasteiger partial charge in [-0.1, -0.05) is 12.1 Å². The van der Waals surface area contributed by atoms with Crippen molar-refractivity contribution in [3.63, 3.8) is 0 Å². The Balaban J connectivity index is 1.83. The van der Waals surface area contributed by atoms with Gasteiger partial charge in [-0.2, -0.15) is 0 Å². The second-order valence-corrected chi connectivity index (χ2v) is 4.29. The number of nitrogens with zero attached hydrogens (tertiary/aromatic N) is 3. The molecule has 0 atom stereocenters. The molecule has 0 fully saturated rings. The van der Waals surface area contributed by atoms with Crippen LogP contribution < -0.4 is 14.8 Å². The predicted molar refractivity (Wildman–Crippen MR) is 69.8 cm³/mol. The van der Waals surface area contributed by atoms with Crippen molar-refractivity contribution in [1.29, 1.82) is 0 Å². The van der Waals surface area contributed by atoms with E-state index in [0.717, 1.165) is 5.56 Å². The second-order valence-electron chi connectivity index (χ2n) is 4.29. The lowest BCUT2D eigenvalue weighted by molar-refractivity contribution is -0.388. The smallest absolute Gasteiger partial charge is 0.406 e. The van der Waals surface area contributed by atoms with Crippen molar-refractivity contribution in [3.8, 4) is 11.5 Å². The molecular formula is C12H12N4O4. The number of ether oxygens (including phenoxy) is 2. The standard InChI is InChI=1S/C12H12N4O4/c1-15-6-14-12(16(17)18)11(15)13-5-8-3-2-4-9-10(8)20-7-19-9/h2-4,6,13H,5,7H2,1H3. The van der Waals surface area contributed by atoms with Crippen LogP contribution in [0.4, 0.5) is 11.6 Å². The van der Waals surface area contributed by atoms with Gasteiger partial charge >= 0.3 is 5.82 Å². The maximum atomic E-state index is 10.9. The van der Waals surface area contributed by atoms with Gasteiger partial charge < -0.3 is 24.9 Å². The summed E-state index contributed by atoms with van der Waals surface area (Å²) in [6.07, 6.45) is 1.40. The third-order valence-corrected chi connectivity index (χ3v) is 3.02. The maximum Gasteiger partial charge on any atom is 0.406 e. The van der Waals surface area contributed by atoms with Crippen LogP contribution in [0.5, 0.6) is 11.5 Å². The molecule has 104 valence electrons. The number of anilines is 1. The summed E-state index contributed by atoms with van der Waals surface area (Å²) in [6.45, 7) is 0.575. The highest BCUT2D eigenvalue weighted by atomic mass is 16.7. The SMILES string of the molecule is Cn1cnc([N+](=O)[O-])c1NCc1cccc2c1OCO2. The quantitative estimate of drug-likeness (QED) is 0.674. The largest absolute Gasteiger partial charge is 0.454 e. The van der Waals surface area contributed by atoms with Gasteiger partial charge in [-0.3, -0.25) is 4.57 Å². The summed E-state index contributed by atoms with van der Waals surface area (Å²) < 4.78 is 12.2. The van der Waals surface area contributed by atoms with Crippen molar-refractivity contribution in [2.24, 2.45) is 7.05 Å². The Hall–Kier alpha value is -2.77. The first-order valence-electron chi connectivity index (χ1n) is 5.94. The molecule has 0 saturated heterocycles. The van der Waals surface area contributed by atoms with Crippen molar-refractivity contribution in [2.45, 2.75) is 6.54 Å². The van der Waals surface area contributed by atoms with Crippen LogP contribution in [0.15, 0.2) is 24.5 Å². The van der Waals surface area contributed by atoms with Gasteiger partial charge in [-0.05, 0) is 16.0 Å². The van der Waals surface area contributed by atoms with Gasteiger partial charge in [0.05, 0.1) is 0 Å². The Bertz CT molecular complexity index is 667. The number of hydrogen-bond acceptors (Lipinski definition) is 6. The molecule has 0 amide bonds. The average Bonchev–Trinajstić information content (AvgIpc) is 3.03. The first-order chi connectivity index (χ1) is 9.66. The average molecular weight is 276 g/mol. The first-order valence-corrected chi connectivity index (χ1v) is 5.94. The van der Waals surface area contributed by atoms with Crippen LogP contribution >= 0.6 is 0 Å².